The van der Waals surface area contributed by atoms with Gasteiger partial charge < -0.3 is 15.2 Å². The van der Waals surface area contributed by atoms with E-state index in [2.05, 4.69) is 5.32 Å². The highest BCUT2D eigenvalue weighted by atomic mass is 16.5. The molecule has 2 N–H and O–H groups in total. The van der Waals surface area contributed by atoms with Gasteiger partial charge in [0.25, 0.3) is 0 Å². The van der Waals surface area contributed by atoms with E-state index in [9.17, 15) is 9.90 Å². The van der Waals surface area contributed by atoms with E-state index in [0.717, 1.165) is 16.7 Å². The first kappa shape index (κ1) is 15.8. The number of rotatable bonds is 6. The smallest absolute Gasteiger partial charge is 0.407 e. The van der Waals surface area contributed by atoms with Gasteiger partial charge in [-0.2, -0.15) is 0 Å². The average Bonchev–Trinajstić information content (AvgIpc) is 2.58. The van der Waals surface area contributed by atoms with Gasteiger partial charge in [-0.25, -0.2) is 4.79 Å². The van der Waals surface area contributed by atoms with Gasteiger partial charge in [-0.3, -0.25) is 0 Å². The van der Waals surface area contributed by atoms with Crippen molar-refractivity contribution in [3.63, 3.8) is 0 Å². The molecule has 0 aromatic heterocycles. The summed E-state index contributed by atoms with van der Waals surface area (Å²) < 4.78 is 5.10. The predicted octanol–water partition coefficient (Wildman–Crippen LogP) is 3.12. The molecule has 4 heteroatoms. The number of nitrogens with one attached hydrogen (secondary N) is 1. The molecule has 1 amide bonds. The summed E-state index contributed by atoms with van der Waals surface area (Å²) in [5.74, 6) is 0. The Balaban J connectivity index is 1.73. The number of alkyl carbamates (subject to hydrolysis) is 1. The maximum absolute atomic E-state index is 11.5. The van der Waals surface area contributed by atoms with Crippen molar-refractivity contribution in [2.24, 2.45) is 0 Å². The van der Waals surface area contributed by atoms with Gasteiger partial charge in [0, 0.05) is 6.54 Å². The maximum atomic E-state index is 11.5. The van der Waals surface area contributed by atoms with Crippen LogP contribution in [0.3, 0.4) is 0 Å². The number of carbonyl (C=O) groups excluding carboxylic acids is 1. The van der Waals surface area contributed by atoms with E-state index < -0.39 is 6.09 Å². The third kappa shape index (κ3) is 5.07. The van der Waals surface area contributed by atoms with Gasteiger partial charge in [0.2, 0.25) is 0 Å². The third-order valence-electron chi connectivity index (χ3n) is 3.10. The van der Waals surface area contributed by atoms with Crippen LogP contribution in [0.15, 0.2) is 60.7 Å². The lowest BCUT2D eigenvalue weighted by atomic mass is 10.1. The molecule has 0 radical (unpaired) electrons. The lowest BCUT2D eigenvalue weighted by Crippen LogP contribution is -2.24. The lowest BCUT2D eigenvalue weighted by Gasteiger charge is -2.05. The number of benzene rings is 2. The van der Waals surface area contributed by atoms with E-state index in [4.69, 9.17) is 4.74 Å². The minimum atomic E-state index is -0.455. The normalized spacial score (nSPS) is 10.6. The molecule has 2 rings (SSSR count). The Morgan fingerprint density at radius 1 is 1.09 bits per heavy atom. The summed E-state index contributed by atoms with van der Waals surface area (Å²) >= 11 is 0. The standard InChI is InChI=1S/C18H19NO3/c20-13-17-10-5-4-9-16(17)11-6-12-19-18(21)22-14-15-7-2-1-3-8-15/h1-11,20H,12-14H2,(H,19,21). The van der Waals surface area contributed by atoms with Crippen molar-refractivity contribution >= 4 is 12.2 Å². The molecule has 0 spiro atoms. The molecular formula is C18H19NO3. The van der Waals surface area contributed by atoms with Crippen molar-refractivity contribution in [1.82, 2.24) is 5.32 Å². The summed E-state index contributed by atoms with van der Waals surface area (Å²) in [5, 5.41) is 11.9. The van der Waals surface area contributed by atoms with E-state index in [-0.39, 0.29) is 13.2 Å². The van der Waals surface area contributed by atoms with Gasteiger partial charge in [-0.15, -0.1) is 0 Å². The van der Waals surface area contributed by atoms with Crippen LogP contribution in [0.5, 0.6) is 0 Å². The van der Waals surface area contributed by atoms with E-state index in [1.807, 2.05) is 66.7 Å². The molecule has 0 aliphatic carbocycles. The minimum absolute atomic E-state index is 0.00689. The highest BCUT2D eigenvalue weighted by Gasteiger charge is 2.00. The first-order chi connectivity index (χ1) is 10.8. The molecular weight excluding hydrogens is 278 g/mol. The van der Waals surface area contributed by atoms with E-state index in [0.29, 0.717) is 6.54 Å². The molecule has 2 aromatic rings. The van der Waals surface area contributed by atoms with Gasteiger partial charge in [0.15, 0.2) is 0 Å². The molecule has 0 saturated carbocycles. The zero-order valence-corrected chi connectivity index (χ0v) is 12.2. The molecule has 0 saturated heterocycles. The fraction of sp³-hybridized carbons (Fsp3) is 0.167. The Morgan fingerprint density at radius 3 is 2.59 bits per heavy atom. The van der Waals surface area contributed by atoms with Crippen LogP contribution in [0.4, 0.5) is 4.79 Å². The quantitative estimate of drug-likeness (QED) is 0.861. The number of amides is 1. The highest BCUT2D eigenvalue weighted by Crippen LogP contribution is 2.10. The Kier molecular flexibility index (Phi) is 6.20. The lowest BCUT2D eigenvalue weighted by molar-refractivity contribution is 0.141. The first-order valence-corrected chi connectivity index (χ1v) is 7.09. The molecule has 4 nitrogen and oxygen atoms in total. The molecule has 2 aromatic carbocycles. The molecule has 0 unspecified atom stereocenters. The molecule has 0 aliphatic heterocycles. The number of aliphatic hydroxyl groups is 1. The molecule has 0 fully saturated rings. The van der Waals surface area contributed by atoms with Gasteiger partial charge in [-0.05, 0) is 16.7 Å². The number of hydrogen-bond acceptors (Lipinski definition) is 3. The van der Waals surface area contributed by atoms with Crippen LogP contribution in [0, 0.1) is 0 Å². The SMILES string of the molecule is O=C(NCC=Cc1ccccc1CO)OCc1ccccc1. The van der Waals surface area contributed by atoms with Crippen LogP contribution in [0.2, 0.25) is 0 Å². The molecule has 114 valence electrons. The number of hydrogen-bond donors (Lipinski definition) is 2. The van der Waals surface area contributed by atoms with Crippen molar-refractivity contribution < 1.29 is 14.6 Å². The number of ether oxygens (including phenoxy) is 1. The Bertz CT molecular complexity index is 623. The van der Waals surface area contributed by atoms with Crippen molar-refractivity contribution in [2.45, 2.75) is 13.2 Å². The highest BCUT2D eigenvalue weighted by molar-refractivity contribution is 5.67. The van der Waals surface area contributed by atoms with E-state index in [1.54, 1.807) is 0 Å². The fourth-order valence-electron chi connectivity index (χ4n) is 1.94. The second kappa shape index (κ2) is 8.64. The van der Waals surface area contributed by atoms with Crippen LogP contribution in [-0.4, -0.2) is 17.7 Å². The van der Waals surface area contributed by atoms with Gasteiger partial charge >= 0.3 is 6.09 Å². The van der Waals surface area contributed by atoms with Crippen LogP contribution >= 0.6 is 0 Å². The molecule has 0 bridgehead atoms. The van der Waals surface area contributed by atoms with Crippen LogP contribution in [-0.2, 0) is 18.0 Å². The topological polar surface area (TPSA) is 58.6 Å². The predicted molar refractivity (Wildman–Crippen MR) is 86.0 cm³/mol. The molecule has 22 heavy (non-hydrogen) atoms. The van der Waals surface area contributed by atoms with Crippen molar-refractivity contribution in [1.29, 1.82) is 0 Å². The zero-order chi connectivity index (χ0) is 15.6. The summed E-state index contributed by atoms with van der Waals surface area (Å²) in [7, 11) is 0. The maximum Gasteiger partial charge on any atom is 0.407 e. The summed E-state index contributed by atoms with van der Waals surface area (Å²) in [6.45, 7) is 0.615. The minimum Gasteiger partial charge on any atom is -0.445 e. The average molecular weight is 297 g/mol. The Hall–Kier alpha value is -2.59. The van der Waals surface area contributed by atoms with Crippen molar-refractivity contribution in [3.8, 4) is 0 Å². The van der Waals surface area contributed by atoms with E-state index in [1.165, 1.54) is 0 Å². The number of carbonyl (C=O) groups is 1. The molecule has 0 aliphatic rings. The number of aliphatic hydroxyl groups excluding tert-OH is 1. The largest absolute Gasteiger partial charge is 0.445 e. The first-order valence-electron chi connectivity index (χ1n) is 7.09. The third-order valence-corrected chi connectivity index (χ3v) is 3.10. The van der Waals surface area contributed by atoms with Crippen LogP contribution in [0.25, 0.3) is 6.08 Å². The Labute approximate surface area is 130 Å². The van der Waals surface area contributed by atoms with Gasteiger partial charge in [0.1, 0.15) is 6.61 Å². The summed E-state index contributed by atoms with van der Waals surface area (Å²) in [6.07, 6.45) is 3.23. The van der Waals surface area contributed by atoms with Crippen molar-refractivity contribution in [2.75, 3.05) is 6.54 Å². The summed E-state index contributed by atoms with van der Waals surface area (Å²) in [6, 6.07) is 17.1. The Morgan fingerprint density at radius 2 is 1.82 bits per heavy atom. The zero-order valence-electron chi connectivity index (χ0n) is 12.2. The van der Waals surface area contributed by atoms with Crippen molar-refractivity contribution in [3.05, 3.63) is 77.4 Å². The summed E-state index contributed by atoms with van der Waals surface area (Å²) in [4.78, 5) is 11.5. The molecule has 0 heterocycles. The monoisotopic (exact) mass is 297 g/mol. The summed E-state index contributed by atoms with van der Waals surface area (Å²) in [5.41, 5.74) is 2.74. The van der Waals surface area contributed by atoms with Gasteiger partial charge in [-0.1, -0.05) is 66.7 Å². The molecule has 0 atom stereocenters. The second-order valence-corrected chi connectivity index (χ2v) is 4.70. The second-order valence-electron chi connectivity index (χ2n) is 4.70. The fourth-order valence-corrected chi connectivity index (χ4v) is 1.94. The van der Waals surface area contributed by atoms with Gasteiger partial charge in [0.05, 0.1) is 6.61 Å². The van der Waals surface area contributed by atoms with Crippen LogP contribution in [0.1, 0.15) is 16.7 Å². The van der Waals surface area contributed by atoms with E-state index >= 15 is 0 Å². The van der Waals surface area contributed by atoms with Crippen LogP contribution < -0.4 is 5.32 Å².